The van der Waals surface area contributed by atoms with Crippen molar-refractivity contribution in [2.45, 2.75) is 31.7 Å². The topological polar surface area (TPSA) is 41.5 Å². The zero-order valence-electron chi connectivity index (χ0n) is 11.6. The molecule has 2 aromatic carbocycles. The fourth-order valence-corrected chi connectivity index (χ4v) is 2.55. The highest BCUT2D eigenvalue weighted by Crippen LogP contribution is 2.28. The molecule has 1 aliphatic rings. The molecule has 0 aliphatic carbocycles. The predicted molar refractivity (Wildman–Crippen MR) is 78.4 cm³/mol. The third-order valence-corrected chi connectivity index (χ3v) is 3.71. The third kappa shape index (κ3) is 3.40. The number of aryl methyl sites for hydroxylation is 1. The van der Waals surface area contributed by atoms with Crippen molar-refractivity contribution in [1.29, 1.82) is 0 Å². The number of benzene rings is 2. The van der Waals surface area contributed by atoms with Crippen LogP contribution in [0.5, 0.6) is 5.75 Å². The SMILES string of the molecule is O[C@H](NCc1ccccc1)[C@H]1CCc2cc(F)ccc2O1. The number of aliphatic hydroxyl groups is 1. The van der Waals surface area contributed by atoms with Gasteiger partial charge in [0.05, 0.1) is 0 Å². The Balaban J connectivity index is 1.59. The lowest BCUT2D eigenvalue weighted by atomic mass is 10.0. The Morgan fingerprint density at radius 3 is 2.86 bits per heavy atom. The molecule has 21 heavy (non-hydrogen) atoms. The standard InChI is InChI=1S/C17H18FNO2/c18-14-7-9-15-13(10-14)6-8-16(21-15)17(20)19-11-12-4-2-1-3-5-12/h1-5,7,9-10,16-17,19-20H,6,8,11H2/t16-,17+/m1/s1. The van der Waals surface area contributed by atoms with E-state index in [4.69, 9.17) is 4.74 Å². The van der Waals surface area contributed by atoms with Gasteiger partial charge >= 0.3 is 0 Å². The molecule has 0 spiro atoms. The summed E-state index contributed by atoms with van der Waals surface area (Å²) in [4.78, 5) is 0. The number of nitrogens with one attached hydrogen (secondary N) is 1. The van der Waals surface area contributed by atoms with Gasteiger partial charge in [-0.15, -0.1) is 0 Å². The molecular formula is C17H18FNO2. The van der Waals surface area contributed by atoms with Gasteiger partial charge in [-0.25, -0.2) is 4.39 Å². The average molecular weight is 287 g/mol. The first kappa shape index (κ1) is 14.0. The number of hydrogen-bond acceptors (Lipinski definition) is 3. The van der Waals surface area contributed by atoms with Gasteiger partial charge in [-0.05, 0) is 42.2 Å². The lowest BCUT2D eigenvalue weighted by Gasteiger charge is -2.30. The molecule has 0 aromatic heterocycles. The average Bonchev–Trinajstić information content (AvgIpc) is 2.53. The van der Waals surface area contributed by atoms with Crippen LogP contribution < -0.4 is 10.1 Å². The van der Waals surface area contributed by atoms with E-state index in [0.29, 0.717) is 25.1 Å². The number of halogens is 1. The molecule has 3 rings (SSSR count). The predicted octanol–water partition coefficient (Wildman–Crippen LogP) is 2.63. The molecule has 4 heteroatoms. The summed E-state index contributed by atoms with van der Waals surface area (Å²) in [6.45, 7) is 0.581. The van der Waals surface area contributed by atoms with E-state index in [9.17, 15) is 9.50 Å². The Kier molecular flexibility index (Phi) is 4.18. The highest BCUT2D eigenvalue weighted by Gasteiger charge is 2.26. The molecule has 0 unspecified atom stereocenters. The van der Waals surface area contributed by atoms with Crippen molar-refractivity contribution in [3.63, 3.8) is 0 Å². The van der Waals surface area contributed by atoms with Gasteiger partial charge in [0, 0.05) is 6.54 Å². The lowest BCUT2D eigenvalue weighted by Crippen LogP contribution is -2.44. The fourth-order valence-electron chi connectivity index (χ4n) is 2.55. The van der Waals surface area contributed by atoms with Crippen molar-refractivity contribution < 1.29 is 14.2 Å². The highest BCUT2D eigenvalue weighted by atomic mass is 19.1. The Hall–Kier alpha value is -1.91. The first-order valence-corrected chi connectivity index (χ1v) is 7.13. The van der Waals surface area contributed by atoms with Crippen LogP contribution >= 0.6 is 0 Å². The Morgan fingerprint density at radius 1 is 1.24 bits per heavy atom. The van der Waals surface area contributed by atoms with Crippen LogP contribution in [0.3, 0.4) is 0 Å². The summed E-state index contributed by atoms with van der Waals surface area (Å²) in [5, 5.41) is 13.3. The molecule has 110 valence electrons. The van der Waals surface area contributed by atoms with E-state index in [1.807, 2.05) is 30.3 Å². The summed E-state index contributed by atoms with van der Waals surface area (Å²) in [6.07, 6.45) is 0.316. The van der Waals surface area contributed by atoms with E-state index < -0.39 is 6.23 Å². The van der Waals surface area contributed by atoms with Crippen LogP contribution in [0.4, 0.5) is 4.39 Å². The monoisotopic (exact) mass is 287 g/mol. The van der Waals surface area contributed by atoms with Crippen molar-refractivity contribution in [3.8, 4) is 5.75 Å². The van der Waals surface area contributed by atoms with E-state index in [2.05, 4.69) is 5.32 Å². The summed E-state index contributed by atoms with van der Waals surface area (Å²) in [6, 6.07) is 14.4. The maximum atomic E-state index is 13.1. The minimum atomic E-state index is -0.747. The molecule has 2 aromatic rings. The van der Waals surface area contributed by atoms with E-state index in [1.165, 1.54) is 12.1 Å². The summed E-state index contributed by atoms with van der Waals surface area (Å²) in [7, 11) is 0. The quantitative estimate of drug-likeness (QED) is 0.849. The van der Waals surface area contributed by atoms with Crippen molar-refractivity contribution in [2.75, 3.05) is 0 Å². The van der Waals surface area contributed by atoms with E-state index in [0.717, 1.165) is 11.1 Å². The van der Waals surface area contributed by atoms with Gasteiger partial charge in [0.1, 0.15) is 23.9 Å². The number of aliphatic hydroxyl groups excluding tert-OH is 1. The number of hydrogen-bond donors (Lipinski definition) is 2. The van der Waals surface area contributed by atoms with E-state index >= 15 is 0 Å². The molecule has 0 amide bonds. The molecule has 3 nitrogen and oxygen atoms in total. The second-order valence-corrected chi connectivity index (χ2v) is 5.26. The summed E-state index contributed by atoms with van der Waals surface area (Å²) >= 11 is 0. The summed E-state index contributed by atoms with van der Waals surface area (Å²) in [5.74, 6) is 0.409. The van der Waals surface area contributed by atoms with Crippen LogP contribution in [0.25, 0.3) is 0 Å². The Morgan fingerprint density at radius 2 is 2.05 bits per heavy atom. The van der Waals surface area contributed by atoms with Crippen molar-refractivity contribution in [1.82, 2.24) is 5.32 Å². The van der Waals surface area contributed by atoms with Crippen LogP contribution in [0.15, 0.2) is 48.5 Å². The second-order valence-electron chi connectivity index (χ2n) is 5.26. The fraction of sp³-hybridized carbons (Fsp3) is 0.294. The molecule has 1 aliphatic heterocycles. The number of rotatable bonds is 4. The Labute approximate surface area is 123 Å². The first-order chi connectivity index (χ1) is 10.2. The molecule has 2 N–H and O–H groups in total. The van der Waals surface area contributed by atoms with Crippen molar-refractivity contribution in [3.05, 3.63) is 65.5 Å². The number of ether oxygens (including phenoxy) is 1. The maximum absolute atomic E-state index is 13.1. The zero-order chi connectivity index (χ0) is 14.7. The minimum Gasteiger partial charge on any atom is -0.486 e. The van der Waals surface area contributed by atoms with Gasteiger partial charge in [0.25, 0.3) is 0 Å². The van der Waals surface area contributed by atoms with Gasteiger partial charge in [-0.3, -0.25) is 5.32 Å². The van der Waals surface area contributed by atoms with Crippen molar-refractivity contribution >= 4 is 0 Å². The molecule has 0 saturated heterocycles. The molecular weight excluding hydrogens is 269 g/mol. The van der Waals surface area contributed by atoms with Crippen LogP contribution in [0, 0.1) is 5.82 Å². The van der Waals surface area contributed by atoms with Crippen LogP contribution in [-0.4, -0.2) is 17.4 Å². The van der Waals surface area contributed by atoms with Gasteiger partial charge in [-0.1, -0.05) is 30.3 Å². The molecule has 2 atom stereocenters. The van der Waals surface area contributed by atoms with Gasteiger partial charge in [0.2, 0.25) is 0 Å². The lowest BCUT2D eigenvalue weighted by molar-refractivity contribution is 0.00172. The van der Waals surface area contributed by atoms with Crippen molar-refractivity contribution in [2.24, 2.45) is 0 Å². The molecule has 1 heterocycles. The smallest absolute Gasteiger partial charge is 0.142 e. The summed E-state index contributed by atoms with van der Waals surface area (Å²) in [5.41, 5.74) is 1.97. The third-order valence-electron chi connectivity index (χ3n) is 3.71. The number of fused-ring (bicyclic) bond motifs is 1. The largest absolute Gasteiger partial charge is 0.486 e. The Bertz CT molecular complexity index is 603. The molecule has 0 bridgehead atoms. The van der Waals surface area contributed by atoms with E-state index in [1.54, 1.807) is 6.07 Å². The first-order valence-electron chi connectivity index (χ1n) is 7.13. The minimum absolute atomic E-state index is 0.251. The normalized spacial score (nSPS) is 18.7. The summed E-state index contributed by atoms with van der Waals surface area (Å²) < 4.78 is 18.9. The van der Waals surface area contributed by atoms with Crippen LogP contribution in [-0.2, 0) is 13.0 Å². The second kappa shape index (κ2) is 6.24. The van der Waals surface area contributed by atoms with E-state index in [-0.39, 0.29) is 11.9 Å². The molecule has 0 fully saturated rings. The van der Waals surface area contributed by atoms with Crippen LogP contribution in [0.2, 0.25) is 0 Å². The van der Waals surface area contributed by atoms with Gasteiger partial charge in [0.15, 0.2) is 0 Å². The highest BCUT2D eigenvalue weighted by molar-refractivity contribution is 5.35. The maximum Gasteiger partial charge on any atom is 0.142 e. The van der Waals surface area contributed by atoms with Crippen LogP contribution in [0.1, 0.15) is 17.5 Å². The van der Waals surface area contributed by atoms with Gasteiger partial charge in [-0.2, -0.15) is 0 Å². The molecule has 0 radical (unpaired) electrons. The zero-order valence-corrected chi connectivity index (χ0v) is 11.6. The van der Waals surface area contributed by atoms with Gasteiger partial charge < -0.3 is 9.84 Å². The molecule has 0 saturated carbocycles.